The molecule has 0 aromatic carbocycles. The molecule has 0 aromatic heterocycles. The third kappa shape index (κ3) is 15.2. The molecule has 0 rings (SSSR count). The van der Waals surface area contributed by atoms with Crippen LogP contribution in [0.5, 0.6) is 0 Å². The lowest BCUT2D eigenvalue weighted by molar-refractivity contribution is -0.108. The highest BCUT2D eigenvalue weighted by molar-refractivity contribution is 5.64. The van der Waals surface area contributed by atoms with Crippen molar-refractivity contribution in [3.8, 4) is 0 Å². The second kappa shape index (κ2) is 17.9. The highest BCUT2D eigenvalue weighted by Gasteiger charge is 1.99. The van der Waals surface area contributed by atoms with E-state index in [2.05, 4.69) is 13.0 Å². The number of hydrogen-bond donors (Lipinski definition) is 0. The average molecular weight is 306 g/mol. The predicted molar refractivity (Wildman–Crippen MR) is 95.0 cm³/mol. The highest BCUT2D eigenvalue weighted by atomic mass is 16.1. The van der Waals surface area contributed by atoms with Gasteiger partial charge in [-0.2, -0.15) is 0 Å². The summed E-state index contributed by atoms with van der Waals surface area (Å²) in [6.07, 6.45) is 22.9. The van der Waals surface area contributed by atoms with E-state index in [9.17, 15) is 9.59 Å². The van der Waals surface area contributed by atoms with Gasteiger partial charge in [-0.25, -0.2) is 0 Å². The molecule has 0 spiro atoms. The Morgan fingerprint density at radius 3 is 2.09 bits per heavy atom. The summed E-state index contributed by atoms with van der Waals surface area (Å²) in [4.78, 5) is 20.5. The molecule has 126 valence electrons. The molecule has 2 heteroatoms. The van der Waals surface area contributed by atoms with E-state index >= 15 is 0 Å². The maximum absolute atomic E-state index is 10.3. The van der Waals surface area contributed by atoms with Crippen LogP contribution in [0.4, 0.5) is 0 Å². The van der Waals surface area contributed by atoms with E-state index in [4.69, 9.17) is 0 Å². The molecule has 2 nitrogen and oxygen atoms in total. The highest BCUT2D eigenvalue weighted by Crippen LogP contribution is 2.18. The first-order chi connectivity index (χ1) is 10.8. The summed E-state index contributed by atoms with van der Waals surface area (Å²) in [6.45, 7) is 2.22. The molecule has 0 unspecified atom stereocenters. The lowest BCUT2D eigenvalue weighted by atomic mass is 9.99. The number of hydrogen-bond acceptors (Lipinski definition) is 2. The minimum absolute atomic E-state index is 0.708. The van der Waals surface area contributed by atoms with Gasteiger partial charge in [0, 0.05) is 6.42 Å². The lowest BCUT2D eigenvalue weighted by Crippen LogP contribution is -1.88. The van der Waals surface area contributed by atoms with E-state index in [1.165, 1.54) is 57.8 Å². The molecule has 0 aliphatic heterocycles. The van der Waals surface area contributed by atoms with Gasteiger partial charge in [0.15, 0.2) is 0 Å². The Morgan fingerprint density at radius 2 is 1.41 bits per heavy atom. The van der Waals surface area contributed by atoms with Gasteiger partial charge >= 0.3 is 0 Å². The van der Waals surface area contributed by atoms with Gasteiger partial charge in [-0.1, -0.05) is 50.3 Å². The molecule has 0 saturated carbocycles. The molecule has 0 aliphatic rings. The Labute approximate surface area is 137 Å². The molecule has 0 atom stereocenters. The van der Waals surface area contributed by atoms with Crippen molar-refractivity contribution < 1.29 is 9.59 Å². The number of allylic oxidation sites excluding steroid dienone is 4. The Hall–Kier alpha value is -1.18. The molecule has 0 heterocycles. The van der Waals surface area contributed by atoms with Crippen LogP contribution >= 0.6 is 0 Å². The van der Waals surface area contributed by atoms with Crippen molar-refractivity contribution in [2.45, 2.75) is 90.4 Å². The molecule has 0 aliphatic carbocycles. The zero-order valence-corrected chi connectivity index (χ0v) is 14.4. The normalized spacial score (nSPS) is 12.0. The molecular formula is C20H34O2. The minimum Gasteiger partial charge on any atom is -0.303 e. The number of aldehydes is 2. The molecule has 0 aromatic rings. The van der Waals surface area contributed by atoms with Gasteiger partial charge in [0.2, 0.25) is 0 Å². The van der Waals surface area contributed by atoms with Crippen LogP contribution in [-0.2, 0) is 9.59 Å². The molecule has 0 radical (unpaired) electrons. The summed E-state index contributed by atoms with van der Waals surface area (Å²) in [5.74, 6) is 0. The third-order valence-corrected chi connectivity index (χ3v) is 3.87. The molecule has 0 fully saturated rings. The van der Waals surface area contributed by atoms with Gasteiger partial charge < -0.3 is 4.79 Å². The molecule has 0 saturated heterocycles. The summed E-state index contributed by atoms with van der Waals surface area (Å²) in [5, 5.41) is 0. The van der Waals surface area contributed by atoms with Gasteiger partial charge in [-0.3, -0.25) is 4.79 Å². The lowest BCUT2D eigenvalue weighted by Gasteiger charge is -2.07. The number of carbonyl (C=O) groups excluding carboxylic acids is 2. The zero-order valence-electron chi connectivity index (χ0n) is 14.4. The summed E-state index contributed by atoms with van der Waals surface area (Å²) < 4.78 is 0. The Kier molecular flexibility index (Phi) is 16.9. The first-order valence-corrected chi connectivity index (χ1v) is 9.07. The Balaban J connectivity index is 3.67. The topological polar surface area (TPSA) is 34.1 Å². The van der Waals surface area contributed by atoms with Crippen LogP contribution < -0.4 is 0 Å². The van der Waals surface area contributed by atoms with Crippen LogP contribution in [0.2, 0.25) is 0 Å². The second-order valence-electron chi connectivity index (χ2n) is 5.93. The van der Waals surface area contributed by atoms with Crippen LogP contribution in [-0.4, -0.2) is 12.6 Å². The molecule has 0 amide bonds. The van der Waals surface area contributed by atoms with Crippen molar-refractivity contribution in [2.75, 3.05) is 0 Å². The first kappa shape index (κ1) is 20.8. The Morgan fingerprint density at radius 1 is 0.773 bits per heavy atom. The number of unbranched alkanes of at least 4 members (excludes halogenated alkanes) is 8. The van der Waals surface area contributed by atoms with Gasteiger partial charge in [0.25, 0.3) is 0 Å². The van der Waals surface area contributed by atoms with Gasteiger partial charge in [-0.05, 0) is 57.4 Å². The SMILES string of the molecule is CCC/C=C(/CCCCC=O)CCCCCCC/C=C/C=O. The zero-order chi connectivity index (χ0) is 16.3. The monoisotopic (exact) mass is 306 g/mol. The molecule has 0 N–H and O–H groups in total. The van der Waals surface area contributed by atoms with Crippen molar-refractivity contribution in [1.29, 1.82) is 0 Å². The summed E-state index contributed by atoms with van der Waals surface area (Å²) >= 11 is 0. The van der Waals surface area contributed by atoms with Crippen LogP contribution in [0, 0.1) is 0 Å². The average Bonchev–Trinajstić information content (AvgIpc) is 2.54. The van der Waals surface area contributed by atoms with E-state index in [1.54, 1.807) is 11.6 Å². The van der Waals surface area contributed by atoms with Crippen LogP contribution in [0.25, 0.3) is 0 Å². The minimum atomic E-state index is 0.708. The van der Waals surface area contributed by atoms with Gasteiger partial charge in [0.05, 0.1) is 0 Å². The van der Waals surface area contributed by atoms with Gasteiger partial charge in [0.1, 0.15) is 12.6 Å². The summed E-state index contributed by atoms with van der Waals surface area (Å²) in [7, 11) is 0. The quantitative estimate of drug-likeness (QED) is 0.153. The number of carbonyl (C=O) groups is 2. The third-order valence-electron chi connectivity index (χ3n) is 3.87. The van der Waals surface area contributed by atoms with Gasteiger partial charge in [-0.15, -0.1) is 0 Å². The number of rotatable bonds is 16. The fourth-order valence-corrected chi connectivity index (χ4v) is 2.55. The van der Waals surface area contributed by atoms with E-state index in [1.807, 2.05) is 6.08 Å². The second-order valence-corrected chi connectivity index (χ2v) is 5.93. The largest absolute Gasteiger partial charge is 0.303 e. The molecule has 22 heavy (non-hydrogen) atoms. The van der Waals surface area contributed by atoms with E-state index in [0.717, 1.165) is 31.8 Å². The molecule has 0 bridgehead atoms. The van der Waals surface area contributed by atoms with Crippen LogP contribution in [0.3, 0.4) is 0 Å². The summed E-state index contributed by atoms with van der Waals surface area (Å²) in [5.41, 5.74) is 1.60. The fraction of sp³-hybridized carbons (Fsp3) is 0.700. The predicted octanol–water partition coefficient (Wildman–Crippen LogP) is 5.96. The van der Waals surface area contributed by atoms with Crippen LogP contribution in [0.1, 0.15) is 90.4 Å². The summed E-state index contributed by atoms with van der Waals surface area (Å²) in [6, 6.07) is 0. The fourth-order valence-electron chi connectivity index (χ4n) is 2.55. The standard InChI is InChI=1S/C20H34O2/c1-2-3-15-20(17-12-10-14-19-22)16-11-8-6-4-5-7-9-13-18-21/h9,13,15,18-19H,2-8,10-12,14,16-17H2,1H3/b13-9+,20-15+. The van der Waals surface area contributed by atoms with E-state index in [0.29, 0.717) is 6.42 Å². The maximum Gasteiger partial charge on any atom is 0.142 e. The van der Waals surface area contributed by atoms with Crippen molar-refractivity contribution >= 4 is 12.6 Å². The van der Waals surface area contributed by atoms with Crippen molar-refractivity contribution in [3.63, 3.8) is 0 Å². The van der Waals surface area contributed by atoms with Crippen molar-refractivity contribution in [1.82, 2.24) is 0 Å². The van der Waals surface area contributed by atoms with Crippen molar-refractivity contribution in [2.24, 2.45) is 0 Å². The van der Waals surface area contributed by atoms with Crippen molar-refractivity contribution in [3.05, 3.63) is 23.8 Å². The molecular weight excluding hydrogens is 272 g/mol. The van der Waals surface area contributed by atoms with E-state index < -0.39 is 0 Å². The maximum atomic E-state index is 10.3. The van der Waals surface area contributed by atoms with Crippen LogP contribution in [0.15, 0.2) is 23.8 Å². The Bertz CT molecular complexity index is 316. The smallest absolute Gasteiger partial charge is 0.142 e. The first-order valence-electron chi connectivity index (χ1n) is 9.07. The van der Waals surface area contributed by atoms with E-state index in [-0.39, 0.29) is 0 Å².